The summed E-state index contributed by atoms with van der Waals surface area (Å²) in [6.07, 6.45) is 0. The second-order valence-corrected chi connectivity index (χ2v) is 6.94. The molecule has 0 radical (unpaired) electrons. The molecule has 2 N–H and O–H groups in total. The lowest BCUT2D eigenvalue weighted by Crippen LogP contribution is -2.41. The molecular weight excluding hydrogens is 302 g/mol. The predicted octanol–water partition coefficient (Wildman–Crippen LogP) is 2.31. The maximum absolute atomic E-state index is 12.0. The van der Waals surface area contributed by atoms with Crippen molar-refractivity contribution in [2.24, 2.45) is 5.41 Å². The van der Waals surface area contributed by atoms with Gasteiger partial charge in [-0.3, -0.25) is 14.5 Å². The molecule has 0 fully saturated rings. The van der Waals surface area contributed by atoms with E-state index < -0.39 is 5.41 Å². The predicted molar refractivity (Wildman–Crippen MR) is 97.4 cm³/mol. The summed E-state index contributed by atoms with van der Waals surface area (Å²) in [5.41, 5.74) is 1.84. The summed E-state index contributed by atoms with van der Waals surface area (Å²) in [6.45, 7) is 13.1. The smallest absolute Gasteiger partial charge is 0.239 e. The molecule has 0 aliphatic heterocycles. The van der Waals surface area contributed by atoms with Crippen molar-refractivity contribution in [3.63, 3.8) is 0 Å². The fourth-order valence-corrected chi connectivity index (χ4v) is 2.25. The van der Waals surface area contributed by atoms with Gasteiger partial charge in [-0.1, -0.05) is 58.9 Å². The number of hydrogen-bond donors (Lipinski definition) is 2. The maximum atomic E-state index is 12.0. The quantitative estimate of drug-likeness (QED) is 0.767. The van der Waals surface area contributed by atoms with E-state index in [1.165, 1.54) is 5.56 Å². The molecule has 5 nitrogen and oxygen atoms in total. The summed E-state index contributed by atoms with van der Waals surface area (Å²) in [5.74, 6) is -0.301. The van der Waals surface area contributed by atoms with E-state index in [0.717, 1.165) is 25.2 Å². The van der Waals surface area contributed by atoms with Crippen LogP contribution >= 0.6 is 0 Å². The van der Waals surface area contributed by atoms with Crippen molar-refractivity contribution in [2.75, 3.05) is 19.6 Å². The molecule has 0 heterocycles. The average molecular weight is 333 g/mol. The molecule has 2 amide bonds. The average Bonchev–Trinajstić information content (AvgIpc) is 2.55. The van der Waals surface area contributed by atoms with E-state index in [0.29, 0.717) is 6.54 Å². The van der Waals surface area contributed by atoms with Gasteiger partial charge in [0.2, 0.25) is 11.8 Å². The van der Waals surface area contributed by atoms with E-state index in [-0.39, 0.29) is 18.4 Å². The van der Waals surface area contributed by atoms with Gasteiger partial charge in [-0.25, -0.2) is 0 Å². The molecule has 0 atom stereocenters. The summed E-state index contributed by atoms with van der Waals surface area (Å²) in [6, 6.07) is 8.14. The molecule has 0 aliphatic rings. The molecule has 1 aromatic carbocycles. The van der Waals surface area contributed by atoms with Crippen molar-refractivity contribution >= 4 is 11.8 Å². The summed E-state index contributed by atoms with van der Waals surface area (Å²) >= 11 is 0. The molecule has 1 aromatic rings. The summed E-state index contributed by atoms with van der Waals surface area (Å²) in [5, 5.41) is 5.55. The van der Waals surface area contributed by atoms with E-state index in [1.54, 1.807) is 0 Å². The normalized spacial score (nSPS) is 11.4. The number of amides is 2. The second kappa shape index (κ2) is 9.42. The van der Waals surface area contributed by atoms with Crippen molar-refractivity contribution in [2.45, 2.75) is 47.7 Å². The Morgan fingerprint density at radius 1 is 1.00 bits per heavy atom. The Kier molecular flexibility index (Phi) is 7.92. The van der Waals surface area contributed by atoms with Gasteiger partial charge >= 0.3 is 0 Å². The topological polar surface area (TPSA) is 61.4 Å². The fourth-order valence-electron chi connectivity index (χ4n) is 2.25. The van der Waals surface area contributed by atoms with Crippen LogP contribution in [0.2, 0.25) is 0 Å². The van der Waals surface area contributed by atoms with Crippen LogP contribution in [0.25, 0.3) is 0 Å². The van der Waals surface area contributed by atoms with Crippen molar-refractivity contribution in [1.82, 2.24) is 15.5 Å². The lowest BCUT2D eigenvalue weighted by Gasteiger charge is -2.20. The van der Waals surface area contributed by atoms with Crippen LogP contribution in [0.4, 0.5) is 0 Å². The zero-order valence-electron chi connectivity index (χ0n) is 15.6. The minimum atomic E-state index is -0.489. The molecule has 134 valence electrons. The van der Waals surface area contributed by atoms with Crippen LogP contribution in [0.5, 0.6) is 0 Å². The molecule has 5 heteroatoms. The first-order chi connectivity index (χ1) is 11.3. The zero-order chi connectivity index (χ0) is 18.2. The highest BCUT2D eigenvalue weighted by atomic mass is 16.2. The van der Waals surface area contributed by atoms with Crippen molar-refractivity contribution in [3.8, 4) is 0 Å². The van der Waals surface area contributed by atoms with Gasteiger partial charge in [-0.15, -0.1) is 0 Å². The van der Waals surface area contributed by atoms with Crippen LogP contribution in [0.1, 0.15) is 45.7 Å². The van der Waals surface area contributed by atoms with Crippen LogP contribution in [-0.4, -0.2) is 36.3 Å². The number of carbonyl (C=O) groups excluding carboxylic acids is 2. The third-order valence-electron chi connectivity index (χ3n) is 3.97. The van der Waals surface area contributed by atoms with E-state index in [2.05, 4.69) is 35.4 Å². The van der Waals surface area contributed by atoms with Gasteiger partial charge in [0.15, 0.2) is 0 Å². The van der Waals surface area contributed by atoms with Crippen LogP contribution in [0.3, 0.4) is 0 Å². The first kappa shape index (κ1) is 20.2. The van der Waals surface area contributed by atoms with Gasteiger partial charge in [0.05, 0.1) is 6.54 Å². The third-order valence-corrected chi connectivity index (χ3v) is 3.97. The fraction of sp³-hybridized carbons (Fsp3) is 0.579. The Labute approximate surface area is 145 Å². The molecular formula is C19H31N3O2. The first-order valence-corrected chi connectivity index (χ1v) is 8.62. The molecule has 0 saturated heterocycles. The lowest BCUT2D eigenvalue weighted by atomic mass is 9.96. The number of carbonyl (C=O) groups is 2. The van der Waals surface area contributed by atoms with E-state index in [9.17, 15) is 9.59 Å². The van der Waals surface area contributed by atoms with Crippen molar-refractivity contribution < 1.29 is 9.59 Å². The first-order valence-electron chi connectivity index (χ1n) is 8.62. The van der Waals surface area contributed by atoms with Crippen molar-refractivity contribution in [3.05, 3.63) is 35.4 Å². The Bertz CT molecular complexity index is 546. The number of benzene rings is 1. The van der Waals surface area contributed by atoms with Gasteiger partial charge in [-0.05, 0) is 24.2 Å². The number of nitrogens with one attached hydrogen (secondary N) is 2. The van der Waals surface area contributed by atoms with Crippen LogP contribution < -0.4 is 10.6 Å². The highest BCUT2D eigenvalue weighted by Crippen LogP contribution is 2.13. The van der Waals surface area contributed by atoms with Gasteiger partial charge in [0.25, 0.3) is 0 Å². The Morgan fingerprint density at radius 3 is 2.12 bits per heavy atom. The Hall–Kier alpha value is -1.88. The Morgan fingerprint density at radius 2 is 1.58 bits per heavy atom. The number of rotatable bonds is 8. The molecule has 24 heavy (non-hydrogen) atoms. The summed E-state index contributed by atoms with van der Waals surface area (Å²) in [4.78, 5) is 26.1. The van der Waals surface area contributed by atoms with Crippen LogP contribution in [-0.2, 0) is 22.7 Å². The van der Waals surface area contributed by atoms with Crippen LogP contribution in [0, 0.1) is 5.41 Å². The zero-order valence-corrected chi connectivity index (χ0v) is 15.6. The maximum Gasteiger partial charge on any atom is 0.239 e. The molecule has 0 aromatic heterocycles. The van der Waals surface area contributed by atoms with Crippen molar-refractivity contribution in [1.29, 1.82) is 0 Å². The molecule has 0 aliphatic carbocycles. The second-order valence-electron chi connectivity index (χ2n) is 6.94. The minimum Gasteiger partial charge on any atom is -0.350 e. The van der Waals surface area contributed by atoms with Crippen LogP contribution in [0.15, 0.2) is 24.3 Å². The minimum absolute atomic E-state index is 0.00825. The van der Waals surface area contributed by atoms with Gasteiger partial charge in [-0.2, -0.15) is 0 Å². The highest BCUT2D eigenvalue weighted by molar-refractivity contribution is 5.87. The monoisotopic (exact) mass is 333 g/mol. The molecule has 0 bridgehead atoms. The Balaban J connectivity index is 2.55. The third kappa shape index (κ3) is 6.71. The van der Waals surface area contributed by atoms with E-state index in [4.69, 9.17) is 0 Å². The molecule has 1 rings (SSSR count). The molecule has 0 saturated carbocycles. The van der Waals surface area contributed by atoms with Gasteiger partial charge in [0.1, 0.15) is 0 Å². The summed E-state index contributed by atoms with van der Waals surface area (Å²) in [7, 11) is 0. The molecule has 0 unspecified atom stereocenters. The largest absolute Gasteiger partial charge is 0.350 e. The summed E-state index contributed by atoms with van der Waals surface area (Å²) < 4.78 is 0. The van der Waals surface area contributed by atoms with E-state index >= 15 is 0 Å². The molecule has 0 spiro atoms. The lowest BCUT2D eigenvalue weighted by molar-refractivity contribution is -0.131. The SMILES string of the molecule is CCN(CC)Cc1ccccc1CNC(=O)CNC(=O)C(C)(C)C. The highest BCUT2D eigenvalue weighted by Gasteiger charge is 2.21. The van der Waals surface area contributed by atoms with Gasteiger partial charge < -0.3 is 10.6 Å². The van der Waals surface area contributed by atoms with E-state index in [1.807, 2.05) is 39.0 Å². The standard InChI is InChI=1S/C19H31N3O2/c1-6-22(7-2)14-16-11-9-8-10-15(16)12-20-17(23)13-21-18(24)19(3,4)5/h8-11H,6-7,12-14H2,1-5H3,(H,20,23)(H,21,24). The number of hydrogen-bond acceptors (Lipinski definition) is 3. The number of nitrogens with zero attached hydrogens (tertiary/aromatic N) is 1. The van der Waals surface area contributed by atoms with Gasteiger partial charge in [0, 0.05) is 18.5 Å².